The molecule has 4 rings (SSSR count). The van der Waals surface area contributed by atoms with Gasteiger partial charge in [-0.1, -0.05) is 41.2 Å². The standard InChI is InChI=1S/C18H16N6O2S/c1-23-16(13-8-4-6-10-15(13)26-2)20-21-18(23)27-11-24-17(25)12-7-3-5-9-14(12)19-22-24/h3-10H,11H2,1-2H3. The molecule has 0 saturated carbocycles. The maximum atomic E-state index is 12.5. The van der Waals surface area contributed by atoms with Crippen molar-refractivity contribution in [3.63, 3.8) is 0 Å². The summed E-state index contributed by atoms with van der Waals surface area (Å²) in [5.74, 6) is 1.70. The van der Waals surface area contributed by atoms with Gasteiger partial charge >= 0.3 is 0 Å². The summed E-state index contributed by atoms with van der Waals surface area (Å²) < 4.78 is 8.59. The minimum absolute atomic E-state index is 0.180. The number of fused-ring (bicyclic) bond motifs is 1. The van der Waals surface area contributed by atoms with Crippen LogP contribution in [0, 0.1) is 0 Å². The van der Waals surface area contributed by atoms with Crippen LogP contribution in [0.25, 0.3) is 22.3 Å². The second-order valence-corrected chi connectivity index (χ2v) is 6.66. The summed E-state index contributed by atoms with van der Waals surface area (Å²) in [5, 5.41) is 17.8. The van der Waals surface area contributed by atoms with E-state index in [0.717, 1.165) is 11.3 Å². The highest BCUT2D eigenvalue weighted by molar-refractivity contribution is 7.98. The van der Waals surface area contributed by atoms with Crippen LogP contribution in [0.15, 0.2) is 58.5 Å². The van der Waals surface area contributed by atoms with Crippen LogP contribution in [0.2, 0.25) is 0 Å². The molecule has 0 fully saturated rings. The number of benzene rings is 2. The summed E-state index contributed by atoms with van der Waals surface area (Å²) >= 11 is 1.36. The molecule has 2 aromatic heterocycles. The zero-order valence-electron chi connectivity index (χ0n) is 14.7. The van der Waals surface area contributed by atoms with Crippen LogP contribution in [0.4, 0.5) is 0 Å². The average molecular weight is 380 g/mol. The van der Waals surface area contributed by atoms with E-state index >= 15 is 0 Å². The first kappa shape index (κ1) is 17.2. The van der Waals surface area contributed by atoms with E-state index in [2.05, 4.69) is 20.5 Å². The van der Waals surface area contributed by atoms with Crippen molar-refractivity contribution in [1.29, 1.82) is 0 Å². The molecule has 0 aliphatic heterocycles. The third-order valence-electron chi connectivity index (χ3n) is 4.13. The predicted molar refractivity (Wildman–Crippen MR) is 103 cm³/mol. The van der Waals surface area contributed by atoms with E-state index in [-0.39, 0.29) is 11.4 Å². The predicted octanol–water partition coefficient (Wildman–Crippen LogP) is 2.35. The van der Waals surface area contributed by atoms with Crippen LogP contribution < -0.4 is 10.3 Å². The third kappa shape index (κ3) is 3.17. The highest BCUT2D eigenvalue weighted by Crippen LogP contribution is 2.30. The lowest BCUT2D eigenvalue weighted by Gasteiger charge is -2.08. The Morgan fingerprint density at radius 3 is 2.67 bits per heavy atom. The van der Waals surface area contributed by atoms with Crippen molar-refractivity contribution >= 4 is 22.7 Å². The summed E-state index contributed by atoms with van der Waals surface area (Å²) in [6.45, 7) is 0. The third-order valence-corrected chi connectivity index (χ3v) is 5.12. The lowest BCUT2D eigenvalue weighted by atomic mass is 10.2. The Hall–Kier alpha value is -3.20. The normalized spacial score (nSPS) is 11.0. The molecule has 2 heterocycles. The lowest BCUT2D eigenvalue weighted by molar-refractivity contribution is 0.416. The van der Waals surface area contributed by atoms with Gasteiger partial charge in [0.1, 0.15) is 11.3 Å². The molecular weight excluding hydrogens is 364 g/mol. The molecule has 0 atom stereocenters. The van der Waals surface area contributed by atoms with Gasteiger partial charge in [0.2, 0.25) is 0 Å². The molecule has 136 valence electrons. The molecule has 9 heteroatoms. The highest BCUT2D eigenvalue weighted by atomic mass is 32.2. The minimum Gasteiger partial charge on any atom is -0.496 e. The van der Waals surface area contributed by atoms with E-state index in [1.165, 1.54) is 16.4 Å². The van der Waals surface area contributed by atoms with Gasteiger partial charge < -0.3 is 9.30 Å². The number of para-hydroxylation sites is 1. The Morgan fingerprint density at radius 2 is 1.81 bits per heavy atom. The first-order valence-electron chi connectivity index (χ1n) is 8.17. The summed E-state index contributed by atoms with van der Waals surface area (Å²) in [4.78, 5) is 12.5. The molecule has 0 aliphatic carbocycles. The van der Waals surface area contributed by atoms with Gasteiger partial charge in [0.15, 0.2) is 11.0 Å². The van der Waals surface area contributed by atoms with Crippen LogP contribution in [-0.4, -0.2) is 36.9 Å². The smallest absolute Gasteiger partial charge is 0.278 e. The van der Waals surface area contributed by atoms with Crippen molar-refractivity contribution in [3.05, 3.63) is 58.9 Å². The Balaban J connectivity index is 1.61. The largest absolute Gasteiger partial charge is 0.496 e. The lowest BCUT2D eigenvalue weighted by Crippen LogP contribution is -2.23. The van der Waals surface area contributed by atoms with Gasteiger partial charge in [0.25, 0.3) is 5.56 Å². The van der Waals surface area contributed by atoms with Crippen molar-refractivity contribution < 1.29 is 4.74 Å². The first-order valence-corrected chi connectivity index (χ1v) is 9.15. The van der Waals surface area contributed by atoms with E-state index in [0.29, 0.717) is 21.9 Å². The van der Waals surface area contributed by atoms with E-state index < -0.39 is 0 Å². The molecule has 0 radical (unpaired) electrons. The molecule has 0 spiro atoms. The van der Waals surface area contributed by atoms with E-state index in [4.69, 9.17) is 4.74 Å². The van der Waals surface area contributed by atoms with Gasteiger partial charge in [0, 0.05) is 7.05 Å². The minimum atomic E-state index is -0.180. The second kappa shape index (κ2) is 7.20. The summed E-state index contributed by atoms with van der Waals surface area (Å²) in [6.07, 6.45) is 0. The van der Waals surface area contributed by atoms with Crippen LogP contribution >= 0.6 is 11.8 Å². The Kier molecular flexibility index (Phi) is 4.59. The number of hydrogen-bond donors (Lipinski definition) is 0. The Labute approximate surface area is 158 Å². The van der Waals surface area contributed by atoms with Crippen LogP contribution in [0.5, 0.6) is 5.75 Å². The number of thioether (sulfide) groups is 1. The summed E-state index contributed by atoms with van der Waals surface area (Å²) in [5.41, 5.74) is 1.26. The summed E-state index contributed by atoms with van der Waals surface area (Å²) in [7, 11) is 3.49. The fourth-order valence-electron chi connectivity index (χ4n) is 2.73. The molecular formula is C18H16N6O2S. The van der Waals surface area contributed by atoms with Crippen LogP contribution in [-0.2, 0) is 12.9 Å². The fraction of sp³-hybridized carbons (Fsp3) is 0.167. The molecule has 0 bridgehead atoms. The fourth-order valence-corrected chi connectivity index (χ4v) is 3.52. The average Bonchev–Trinajstić information content (AvgIpc) is 3.08. The molecule has 0 unspecified atom stereocenters. The number of hydrogen-bond acceptors (Lipinski definition) is 7. The monoisotopic (exact) mass is 380 g/mol. The summed E-state index contributed by atoms with van der Waals surface area (Å²) in [6, 6.07) is 14.8. The zero-order valence-corrected chi connectivity index (χ0v) is 15.6. The van der Waals surface area contributed by atoms with Gasteiger partial charge in [-0.25, -0.2) is 0 Å². The van der Waals surface area contributed by atoms with Crippen molar-refractivity contribution in [1.82, 2.24) is 29.8 Å². The molecule has 0 aliphatic rings. The van der Waals surface area contributed by atoms with E-state index in [9.17, 15) is 4.79 Å². The number of methoxy groups -OCH3 is 1. The van der Waals surface area contributed by atoms with Crippen molar-refractivity contribution in [2.24, 2.45) is 7.05 Å². The quantitative estimate of drug-likeness (QED) is 0.491. The SMILES string of the molecule is COc1ccccc1-c1nnc(SCn2nnc3ccccc3c2=O)n1C. The van der Waals surface area contributed by atoms with Gasteiger partial charge in [0.05, 0.1) is 23.9 Å². The first-order chi connectivity index (χ1) is 13.2. The Morgan fingerprint density at radius 1 is 1.04 bits per heavy atom. The number of rotatable bonds is 5. The van der Waals surface area contributed by atoms with Crippen molar-refractivity contribution in [2.45, 2.75) is 11.0 Å². The van der Waals surface area contributed by atoms with E-state index in [1.54, 1.807) is 19.2 Å². The molecule has 0 saturated heterocycles. The maximum Gasteiger partial charge on any atom is 0.278 e. The Bertz CT molecular complexity index is 1170. The molecule has 27 heavy (non-hydrogen) atoms. The number of ether oxygens (including phenoxy) is 1. The van der Waals surface area contributed by atoms with Gasteiger partial charge in [-0.15, -0.1) is 15.3 Å². The molecule has 4 aromatic rings. The number of nitrogens with zero attached hydrogens (tertiary/aromatic N) is 6. The molecule has 2 aromatic carbocycles. The maximum absolute atomic E-state index is 12.5. The van der Waals surface area contributed by atoms with Gasteiger partial charge in [-0.05, 0) is 24.3 Å². The topological polar surface area (TPSA) is 87.7 Å². The molecule has 0 N–H and O–H groups in total. The van der Waals surface area contributed by atoms with Gasteiger partial charge in [-0.2, -0.15) is 4.68 Å². The van der Waals surface area contributed by atoms with Crippen molar-refractivity contribution in [3.8, 4) is 17.1 Å². The molecule has 0 amide bonds. The zero-order chi connectivity index (χ0) is 18.8. The highest BCUT2D eigenvalue weighted by Gasteiger charge is 2.15. The second-order valence-electron chi connectivity index (χ2n) is 5.75. The van der Waals surface area contributed by atoms with Crippen LogP contribution in [0.3, 0.4) is 0 Å². The number of aromatic nitrogens is 6. The van der Waals surface area contributed by atoms with E-state index in [1.807, 2.05) is 48.0 Å². The van der Waals surface area contributed by atoms with Crippen molar-refractivity contribution in [2.75, 3.05) is 7.11 Å². The van der Waals surface area contributed by atoms with Crippen LogP contribution in [0.1, 0.15) is 0 Å². The van der Waals surface area contributed by atoms with Gasteiger partial charge in [-0.3, -0.25) is 4.79 Å². The molecule has 8 nitrogen and oxygen atoms in total.